The summed E-state index contributed by atoms with van der Waals surface area (Å²) in [4.78, 5) is 19.2. The molecule has 5 rings (SSSR count). The van der Waals surface area contributed by atoms with Crippen LogP contribution in [0.15, 0.2) is 35.9 Å². The molecule has 0 radical (unpaired) electrons. The zero-order valence-electron chi connectivity index (χ0n) is 14.0. The first-order valence-electron chi connectivity index (χ1n) is 8.79. The Balaban J connectivity index is 1.82. The number of nitrogens with zero attached hydrogens (tertiary/aromatic N) is 1. The van der Waals surface area contributed by atoms with Crippen LogP contribution in [-0.2, 0) is 11.2 Å². The molecule has 3 bridgehead atoms. The molecule has 2 fully saturated rings. The van der Waals surface area contributed by atoms with E-state index < -0.39 is 0 Å². The third-order valence-corrected chi connectivity index (χ3v) is 6.63. The molecule has 2 N–H and O–H groups in total. The third-order valence-electron chi connectivity index (χ3n) is 6.63. The molecule has 4 nitrogen and oxygen atoms in total. The van der Waals surface area contributed by atoms with E-state index in [1.807, 2.05) is 13.0 Å². The number of benzene rings is 1. The lowest BCUT2D eigenvalue weighted by Crippen LogP contribution is -2.52. The van der Waals surface area contributed by atoms with E-state index >= 15 is 0 Å². The van der Waals surface area contributed by atoms with Gasteiger partial charge >= 0.3 is 0 Å². The second-order valence-corrected chi connectivity index (χ2v) is 7.44. The average Bonchev–Trinajstić information content (AvgIpc) is 3.03. The molecule has 2 aromatic rings. The van der Waals surface area contributed by atoms with Crippen LogP contribution in [0.5, 0.6) is 0 Å². The lowest BCUT2D eigenvalue weighted by Gasteiger charge is -2.44. The maximum atomic E-state index is 13.3. The standard InChI is InChI=1S/C20H22N2O2/c1-3-10-16-13(9-23)15-8-12-11-6-4-5-7-14(11)21-18(12)17(20(16)24)19(10)22(15)2/h3-7,13,15-17,19,21,23H,8-9H2,1-2H3/b10-3+/t13-,15+,16+,17+,19+/m1/s1. The Hall–Kier alpha value is -1.91. The van der Waals surface area contributed by atoms with Gasteiger partial charge in [0.15, 0.2) is 5.78 Å². The van der Waals surface area contributed by atoms with Crippen molar-refractivity contribution in [2.75, 3.05) is 13.7 Å². The number of carbonyl (C=O) groups is 1. The van der Waals surface area contributed by atoms with Gasteiger partial charge in [0.1, 0.15) is 0 Å². The molecule has 1 aromatic heterocycles. The average molecular weight is 322 g/mol. The topological polar surface area (TPSA) is 56.3 Å². The van der Waals surface area contributed by atoms with E-state index in [2.05, 4.69) is 41.2 Å². The van der Waals surface area contributed by atoms with Crippen molar-refractivity contribution in [2.24, 2.45) is 11.8 Å². The maximum Gasteiger partial charge on any atom is 0.151 e. The number of aromatic amines is 1. The summed E-state index contributed by atoms with van der Waals surface area (Å²) >= 11 is 0. The first kappa shape index (κ1) is 14.4. The van der Waals surface area contributed by atoms with Gasteiger partial charge in [0, 0.05) is 47.1 Å². The minimum atomic E-state index is -0.129. The van der Waals surface area contributed by atoms with E-state index in [1.54, 1.807) is 0 Å². The SMILES string of the molecule is C/C=C1\[C@@H]2C(=O)[C@H]3c4[nH]c5ccccc5c4C[C@@H]([C@H]2CO)N(C)[C@@H]13. The normalized spacial score (nSPS) is 36.5. The molecule has 3 aliphatic rings. The Morgan fingerprint density at radius 3 is 2.88 bits per heavy atom. The fraction of sp³-hybridized carbons (Fsp3) is 0.450. The quantitative estimate of drug-likeness (QED) is 0.792. The molecule has 24 heavy (non-hydrogen) atoms. The molecule has 1 saturated heterocycles. The smallest absolute Gasteiger partial charge is 0.151 e. The van der Waals surface area contributed by atoms with Crippen molar-refractivity contribution in [3.8, 4) is 0 Å². The Morgan fingerprint density at radius 2 is 2.12 bits per heavy atom. The zero-order valence-corrected chi connectivity index (χ0v) is 14.0. The lowest BCUT2D eigenvalue weighted by molar-refractivity contribution is -0.123. The predicted octanol–water partition coefficient (Wildman–Crippen LogP) is 2.24. The highest BCUT2D eigenvalue weighted by Crippen LogP contribution is 2.54. The number of ketones is 1. The molecule has 1 aromatic carbocycles. The van der Waals surface area contributed by atoms with Gasteiger partial charge in [0.05, 0.1) is 5.92 Å². The maximum absolute atomic E-state index is 13.3. The molecule has 1 saturated carbocycles. The predicted molar refractivity (Wildman–Crippen MR) is 92.9 cm³/mol. The summed E-state index contributed by atoms with van der Waals surface area (Å²) in [6.45, 7) is 2.09. The number of fused-ring (bicyclic) bond motifs is 6. The van der Waals surface area contributed by atoms with Gasteiger partial charge in [0.25, 0.3) is 0 Å². The Labute approximate surface area is 141 Å². The summed E-state index contributed by atoms with van der Waals surface area (Å²) in [5.41, 5.74) is 4.70. The van der Waals surface area contributed by atoms with Crippen LogP contribution in [0, 0.1) is 11.8 Å². The van der Waals surface area contributed by atoms with Crippen LogP contribution in [0.2, 0.25) is 0 Å². The van der Waals surface area contributed by atoms with Crippen LogP contribution in [0.4, 0.5) is 0 Å². The van der Waals surface area contributed by atoms with Gasteiger partial charge in [-0.25, -0.2) is 0 Å². The molecule has 4 heteroatoms. The van der Waals surface area contributed by atoms with Crippen LogP contribution in [0.3, 0.4) is 0 Å². The van der Waals surface area contributed by atoms with Gasteiger partial charge in [0.2, 0.25) is 0 Å². The molecule has 5 atom stereocenters. The number of rotatable bonds is 1. The summed E-state index contributed by atoms with van der Waals surface area (Å²) in [6, 6.07) is 8.67. The number of likely N-dealkylation sites (N-methyl/N-ethyl adjacent to an activating group) is 1. The van der Waals surface area contributed by atoms with Gasteiger partial charge in [-0.05, 0) is 37.6 Å². The summed E-state index contributed by atoms with van der Waals surface area (Å²) in [6.07, 6.45) is 3.01. The lowest BCUT2D eigenvalue weighted by atomic mass is 9.75. The Morgan fingerprint density at radius 1 is 1.33 bits per heavy atom. The third kappa shape index (κ3) is 1.53. The monoisotopic (exact) mass is 322 g/mol. The minimum Gasteiger partial charge on any atom is -0.396 e. The largest absolute Gasteiger partial charge is 0.396 e. The fourth-order valence-corrected chi connectivity index (χ4v) is 5.64. The van der Waals surface area contributed by atoms with Crippen LogP contribution < -0.4 is 0 Å². The van der Waals surface area contributed by atoms with E-state index in [-0.39, 0.29) is 42.2 Å². The number of H-pyrrole nitrogens is 1. The number of hydrogen-bond donors (Lipinski definition) is 2. The number of allylic oxidation sites excluding steroid dienone is 1. The highest BCUT2D eigenvalue weighted by atomic mass is 16.3. The number of piperidine rings is 1. The van der Waals surface area contributed by atoms with Crippen molar-refractivity contribution in [3.63, 3.8) is 0 Å². The first-order chi connectivity index (χ1) is 11.7. The highest BCUT2D eigenvalue weighted by molar-refractivity contribution is 5.98. The molecule has 124 valence electrons. The van der Waals surface area contributed by atoms with Crippen molar-refractivity contribution in [1.82, 2.24) is 9.88 Å². The Kier molecular flexibility index (Phi) is 2.89. The second kappa shape index (κ2) is 4.80. The number of aliphatic hydroxyl groups is 1. The van der Waals surface area contributed by atoms with Gasteiger partial charge in [-0.1, -0.05) is 24.3 Å². The number of para-hydroxylation sites is 1. The molecule has 0 unspecified atom stereocenters. The number of aromatic nitrogens is 1. The number of hydrogen-bond acceptors (Lipinski definition) is 3. The second-order valence-electron chi connectivity index (χ2n) is 7.44. The van der Waals surface area contributed by atoms with Crippen molar-refractivity contribution in [1.29, 1.82) is 0 Å². The summed E-state index contributed by atoms with van der Waals surface area (Å²) in [7, 11) is 2.12. The summed E-state index contributed by atoms with van der Waals surface area (Å²) in [5, 5.41) is 11.3. The van der Waals surface area contributed by atoms with E-state index in [4.69, 9.17) is 0 Å². The summed E-state index contributed by atoms with van der Waals surface area (Å²) < 4.78 is 0. The van der Waals surface area contributed by atoms with E-state index in [1.165, 1.54) is 16.5 Å². The van der Waals surface area contributed by atoms with Gasteiger partial charge < -0.3 is 10.1 Å². The van der Waals surface area contributed by atoms with Gasteiger partial charge in [-0.3, -0.25) is 9.69 Å². The van der Waals surface area contributed by atoms with Gasteiger partial charge in [-0.15, -0.1) is 0 Å². The van der Waals surface area contributed by atoms with Crippen LogP contribution in [-0.4, -0.2) is 46.5 Å². The first-order valence-corrected chi connectivity index (χ1v) is 8.79. The van der Waals surface area contributed by atoms with Crippen LogP contribution in [0.1, 0.15) is 24.1 Å². The van der Waals surface area contributed by atoms with Crippen molar-refractivity contribution in [3.05, 3.63) is 47.2 Å². The molecule has 0 spiro atoms. The number of carbonyl (C=O) groups excluding carboxylic acids is 1. The molecule has 0 amide bonds. The van der Waals surface area contributed by atoms with Crippen molar-refractivity contribution in [2.45, 2.75) is 31.3 Å². The van der Waals surface area contributed by atoms with Crippen LogP contribution in [0.25, 0.3) is 10.9 Å². The number of Topliss-reactive ketones (excluding diaryl/α,β-unsaturated/α-hetero) is 1. The summed E-state index contributed by atoms with van der Waals surface area (Å²) in [5.74, 6) is 0.0386. The van der Waals surface area contributed by atoms with E-state index in [0.717, 1.165) is 17.6 Å². The Bertz CT molecular complexity index is 881. The van der Waals surface area contributed by atoms with Gasteiger partial charge in [-0.2, -0.15) is 0 Å². The van der Waals surface area contributed by atoms with Crippen molar-refractivity contribution < 1.29 is 9.90 Å². The van der Waals surface area contributed by atoms with Crippen molar-refractivity contribution >= 4 is 16.7 Å². The number of aliphatic hydroxyl groups excluding tert-OH is 1. The molecular weight excluding hydrogens is 300 g/mol. The highest BCUT2D eigenvalue weighted by Gasteiger charge is 2.60. The van der Waals surface area contributed by atoms with Crippen LogP contribution >= 0.6 is 0 Å². The zero-order chi connectivity index (χ0) is 16.6. The minimum absolute atomic E-state index is 0.00300. The van der Waals surface area contributed by atoms with E-state index in [9.17, 15) is 9.90 Å². The molecular formula is C20H22N2O2. The fourth-order valence-electron chi connectivity index (χ4n) is 5.64. The number of nitrogens with one attached hydrogen (secondary N) is 1. The van der Waals surface area contributed by atoms with E-state index in [0.29, 0.717) is 0 Å². The molecule has 2 aliphatic heterocycles. The molecule has 3 heterocycles. The molecule has 1 aliphatic carbocycles.